The first kappa shape index (κ1) is 24.9. The lowest BCUT2D eigenvalue weighted by Crippen LogP contribution is -2.39. The maximum Gasteiger partial charge on any atom is 0.165 e. The van der Waals surface area contributed by atoms with Crippen LogP contribution in [0.2, 0.25) is 0 Å². The summed E-state index contributed by atoms with van der Waals surface area (Å²) in [5.74, 6) is 1.34. The highest BCUT2D eigenvalue weighted by Gasteiger charge is 2.34. The Hall–Kier alpha value is -3.17. The number of para-hydroxylation sites is 1. The normalized spacial score (nSPS) is 18.7. The van der Waals surface area contributed by atoms with Crippen LogP contribution in [0.25, 0.3) is 0 Å². The summed E-state index contributed by atoms with van der Waals surface area (Å²) >= 11 is 0. The molecule has 1 fully saturated rings. The van der Waals surface area contributed by atoms with Gasteiger partial charge < -0.3 is 23.5 Å². The van der Waals surface area contributed by atoms with Gasteiger partial charge in [0.15, 0.2) is 23.1 Å². The number of rotatable bonds is 11. The number of aromatic nitrogens is 3. The van der Waals surface area contributed by atoms with Crippen LogP contribution in [0.4, 0.5) is 4.39 Å². The lowest BCUT2D eigenvalue weighted by atomic mass is 9.95. The van der Waals surface area contributed by atoms with E-state index in [0.29, 0.717) is 31.3 Å². The molecular weight excluding hydrogens is 451 g/mol. The Bertz CT molecular complexity index is 1070. The highest BCUT2D eigenvalue weighted by atomic mass is 19.1. The van der Waals surface area contributed by atoms with Crippen molar-refractivity contribution in [3.8, 4) is 17.2 Å². The van der Waals surface area contributed by atoms with Gasteiger partial charge in [0.25, 0.3) is 0 Å². The molecule has 1 saturated heterocycles. The molecule has 0 spiro atoms. The Morgan fingerprint density at radius 1 is 0.943 bits per heavy atom. The number of ether oxygens (including phenoxy) is 4. The zero-order valence-corrected chi connectivity index (χ0v) is 20.4. The van der Waals surface area contributed by atoms with Crippen LogP contribution < -0.4 is 14.2 Å². The Morgan fingerprint density at radius 3 is 2.54 bits per heavy atom. The monoisotopic (exact) mass is 484 g/mol. The minimum absolute atomic E-state index is 0.265. The molecule has 9 heteroatoms. The molecule has 0 aliphatic carbocycles. The van der Waals surface area contributed by atoms with Gasteiger partial charge in [-0.25, -0.2) is 4.39 Å². The van der Waals surface area contributed by atoms with Crippen molar-refractivity contribution in [2.75, 3.05) is 40.5 Å². The van der Waals surface area contributed by atoms with E-state index in [1.807, 2.05) is 16.7 Å². The molecule has 1 aliphatic heterocycles. The van der Waals surface area contributed by atoms with Crippen molar-refractivity contribution in [2.45, 2.75) is 38.0 Å². The van der Waals surface area contributed by atoms with Crippen LogP contribution in [-0.4, -0.2) is 65.8 Å². The second kappa shape index (κ2) is 12.0. The first-order valence-electron chi connectivity index (χ1n) is 11.9. The van der Waals surface area contributed by atoms with Crippen LogP contribution in [0.5, 0.6) is 17.2 Å². The van der Waals surface area contributed by atoms with E-state index in [1.54, 1.807) is 45.1 Å². The maximum atomic E-state index is 14.0. The molecular formula is C26H33FN4O4. The largest absolute Gasteiger partial charge is 0.493 e. The highest BCUT2D eigenvalue weighted by molar-refractivity contribution is 5.43. The van der Waals surface area contributed by atoms with Gasteiger partial charge in [-0.3, -0.25) is 4.90 Å². The molecule has 0 bridgehead atoms. The van der Waals surface area contributed by atoms with Crippen LogP contribution in [0.15, 0.2) is 55.1 Å². The van der Waals surface area contributed by atoms with E-state index in [-0.39, 0.29) is 11.6 Å². The average molecular weight is 485 g/mol. The lowest BCUT2D eigenvalue weighted by Gasteiger charge is -2.31. The minimum atomic E-state index is -0.433. The predicted octanol–water partition coefficient (Wildman–Crippen LogP) is 3.95. The molecule has 1 atom stereocenters. The summed E-state index contributed by atoms with van der Waals surface area (Å²) in [6, 6.07) is 12.6. The van der Waals surface area contributed by atoms with E-state index in [2.05, 4.69) is 21.2 Å². The second-order valence-electron chi connectivity index (χ2n) is 8.77. The quantitative estimate of drug-likeness (QED) is 0.408. The van der Waals surface area contributed by atoms with E-state index in [4.69, 9.17) is 18.9 Å². The maximum absolute atomic E-state index is 14.0. The number of hydrogen-bond acceptors (Lipinski definition) is 7. The number of nitrogens with zero attached hydrogens (tertiary/aromatic N) is 4. The first-order chi connectivity index (χ1) is 17.1. The molecule has 0 amide bonds. The number of benzene rings is 2. The zero-order chi connectivity index (χ0) is 24.5. The smallest absolute Gasteiger partial charge is 0.165 e. The SMILES string of the molecule is COc1cc(CN2CCC[C@](COc3ccccc3F)(OC)CC2)ccc1OCCn1cnnc1. The third-order valence-electron chi connectivity index (χ3n) is 6.46. The second-order valence-corrected chi connectivity index (χ2v) is 8.77. The Balaban J connectivity index is 1.32. The van der Waals surface area contributed by atoms with Crippen molar-refractivity contribution in [3.63, 3.8) is 0 Å². The van der Waals surface area contributed by atoms with Crippen molar-refractivity contribution >= 4 is 0 Å². The minimum Gasteiger partial charge on any atom is -0.493 e. The molecule has 188 valence electrons. The first-order valence-corrected chi connectivity index (χ1v) is 11.9. The van der Waals surface area contributed by atoms with Gasteiger partial charge in [-0.05, 0) is 55.6 Å². The summed E-state index contributed by atoms with van der Waals surface area (Å²) in [6.07, 6.45) is 5.96. The highest BCUT2D eigenvalue weighted by Crippen LogP contribution is 2.31. The summed E-state index contributed by atoms with van der Waals surface area (Å²) in [5, 5.41) is 7.59. The molecule has 1 aromatic heterocycles. The predicted molar refractivity (Wildman–Crippen MR) is 129 cm³/mol. The molecule has 2 heterocycles. The van der Waals surface area contributed by atoms with Gasteiger partial charge in [0, 0.05) is 20.2 Å². The van der Waals surface area contributed by atoms with Gasteiger partial charge in [0.05, 0.1) is 13.7 Å². The van der Waals surface area contributed by atoms with Crippen LogP contribution >= 0.6 is 0 Å². The number of halogens is 1. The summed E-state index contributed by atoms with van der Waals surface area (Å²) in [6.45, 7) is 4.08. The van der Waals surface area contributed by atoms with Gasteiger partial charge in [-0.15, -0.1) is 10.2 Å². The summed E-state index contributed by atoms with van der Waals surface area (Å²) in [5.41, 5.74) is 0.720. The Kier molecular flexibility index (Phi) is 8.54. The van der Waals surface area contributed by atoms with E-state index < -0.39 is 5.60 Å². The topological polar surface area (TPSA) is 70.9 Å². The molecule has 0 saturated carbocycles. The fourth-order valence-electron chi connectivity index (χ4n) is 4.35. The molecule has 1 aliphatic rings. The van der Waals surface area contributed by atoms with E-state index >= 15 is 0 Å². The van der Waals surface area contributed by atoms with E-state index in [1.165, 1.54) is 6.07 Å². The summed E-state index contributed by atoms with van der Waals surface area (Å²) < 4.78 is 39.1. The van der Waals surface area contributed by atoms with Crippen LogP contribution in [-0.2, 0) is 17.8 Å². The van der Waals surface area contributed by atoms with Crippen molar-refractivity contribution in [2.24, 2.45) is 0 Å². The Labute approximate surface area is 205 Å². The summed E-state index contributed by atoms with van der Waals surface area (Å²) in [4.78, 5) is 2.41. The van der Waals surface area contributed by atoms with E-state index in [0.717, 1.165) is 44.5 Å². The van der Waals surface area contributed by atoms with Gasteiger partial charge >= 0.3 is 0 Å². The molecule has 4 rings (SSSR count). The Morgan fingerprint density at radius 2 is 1.77 bits per heavy atom. The lowest BCUT2D eigenvalue weighted by molar-refractivity contribution is -0.0548. The third kappa shape index (κ3) is 6.70. The van der Waals surface area contributed by atoms with Crippen molar-refractivity contribution in [3.05, 3.63) is 66.5 Å². The molecule has 2 aromatic carbocycles. The standard InChI is InChI=1S/C26H33FN4O4/c1-32-25-16-21(8-9-24(25)34-15-14-31-19-28-29-20-31)17-30-12-5-10-26(33-2,11-13-30)18-35-23-7-4-3-6-22(23)27/h3-4,6-9,16,19-20H,5,10-15,17-18H2,1-2H3/t26-/m0/s1. The van der Waals surface area contributed by atoms with Gasteiger partial charge in [-0.1, -0.05) is 18.2 Å². The van der Waals surface area contributed by atoms with Crippen molar-refractivity contribution in [1.29, 1.82) is 0 Å². The van der Waals surface area contributed by atoms with Crippen molar-refractivity contribution < 1.29 is 23.3 Å². The molecule has 0 N–H and O–H groups in total. The molecule has 0 radical (unpaired) electrons. The molecule has 35 heavy (non-hydrogen) atoms. The zero-order valence-electron chi connectivity index (χ0n) is 20.4. The summed E-state index contributed by atoms with van der Waals surface area (Å²) in [7, 11) is 3.37. The van der Waals surface area contributed by atoms with Gasteiger partial charge in [0.1, 0.15) is 31.5 Å². The van der Waals surface area contributed by atoms with Crippen LogP contribution in [0.3, 0.4) is 0 Å². The van der Waals surface area contributed by atoms with Gasteiger partial charge in [-0.2, -0.15) is 0 Å². The van der Waals surface area contributed by atoms with Gasteiger partial charge in [0.2, 0.25) is 0 Å². The van der Waals surface area contributed by atoms with E-state index in [9.17, 15) is 4.39 Å². The molecule has 3 aromatic rings. The fourth-order valence-corrected chi connectivity index (χ4v) is 4.35. The van der Waals surface area contributed by atoms with Crippen LogP contribution in [0.1, 0.15) is 24.8 Å². The number of methoxy groups -OCH3 is 2. The number of likely N-dealkylation sites (tertiary alicyclic amines) is 1. The third-order valence-corrected chi connectivity index (χ3v) is 6.46. The molecule has 8 nitrogen and oxygen atoms in total. The number of hydrogen-bond donors (Lipinski definition) is 0. The van der Waals surface area contributed by atoms with Crippen LogP contribution in [0, 0.1) is 5.82 Å². The molecule has 0 unspecified atom stereocenters. The average Bonchev–Trinajstić information content (AvgIpc) is 3.32. The van der Waals surface area contributed by atoms with Crippen molar-refractivity contribution in [1.82, 2.24) is 19.7 Å². The fraction of sp³-hybridized carbons (Fsp3) is 0.462.